The normalized spacial score (nSPS) is 14.8. The minimum absolute atomic E-state index is 0.0850. The van der Waals surface area contributed by atoms with E-state index in [1.165, 1.54) is 24.9 Å². The molecular weight excluding hydrogens is 298 g/mol. The van der Waals surface area contributed by atoms with Crippen LogP contribution in [0.5, 0.6) is 0 Å². The van der Waals surface area contributed by atoms with E-state index < -0.39 is 0 Å². The number of nitrogens with zero attached hydrogens (tertiary/aromatic N) is 1. The monoisotopic (exact) mass is 319 g/mol. The van der Waals surface area contributed by atoms with Crippen molar-refractivity contribution in [2.75, 3.05) is 23.3 Å². The van der Waals surface area contributed by atoms with Crippen molar-refractivity contribution < 1.29 is 4.79 Å². The van der Waals surface area contributed by atoms with Crippen molar-refractivity contribution in [3.63, 3.8) is 0 Å². The van der Waals surface area contributed by atoms with Crippen molar-refractivity contribution in [3.05, 3.63) is 60.3 Å². The van der Waals surface area contributed by atoms with E-state index in [4.69, 9.17) is 0 Å². The summed E-state index contributed by atoms with van der Waals surface area (Å²) in [4.78, 5) is 18.1. The number of nitrogens with one attached hydrogen (secondary N) is 2. The van der Waals surface area contributed by atoms with E-state index in [0.29, 0.717) is 5.56 Å². The Hall–Kier alpha value is -2.75. The quantitative estimate of drug-likeness (QED) is 0.751. The van der Waals surface area contributed by atoms with Gasteiger partial charge in [-0.05, 0) is 49.6 Å². The van der Waals surface area contributed by atoms with Gasteiger partial charge in [0.2, 0.25) is 0 Å². The molecule has 1 amide bonds. The molecule has 0 aliphatic carbocycles. The van der Waals surface area contributed by atoms with Crippen LogP contribution in [-0.2, 0) is 0 Å². The van der Waals surface area contributed by atoms with Gasteiger partial charge in [-0.1, -0.05) is 18.2 Å². The largest absolute Gasteiger partial charge is 0.372 e. The Bertz CT molecular complexity index is 845. The highest BCUT2D eigenvalue weighted by Gasteiger charge is 2.13. The van der Waals surface area contributed by atoms with Crippen molar-refractivity contribution in [1.82, 2.24) is 4.98 Å². The highest BCUT2D eigenvalue weighted by molar-refractivity contribution is 6.12. The molecule has 0 atom stereocenters. The number of fused-ring (bicyclic) bond motifs is 1. The standard InChI is InChI=1S/C20H21N3O/c24-20(18-14-21-19-7-3-2-6-17(18)19)22-15-8-10-16(11-9-15)23-12-4-1-5-13-23/h2-3,6-11,14,21H,1,4-5,12-13H2,(H,22,24). The summed E-state index contributed by atoms with van der Waals surface area (Å²) in [7, 11) is 0. The number of benzene rings is 2. The number of hydrogen-bond acceptors (Lipinski definition) is 2. The molecular formula is C20H21N3O. The fourth-order valence-corrected chi connectivity index (χ4v) is 3.37. The lowest BCUT2D eigenvalue weighted by Crippen LogP contribution is -2.29. The first kappa shape index (κ1) is 14.8. The first-order chi connectivity index (χ1) is 11.8. The molecule has 1 aromatic heterocycles. The molecule has 0 saturated carbocycles. The Kier molecular flexibility index (Phi) is 3.95. The Morgan fingerprint density at radius 1 is 0.958 bits per heavy atom. The summed E-state index contributed by atoms with van der Waals surface area (Å²) in [5, 5.41) is 3.93. The molecule has 4 rings (SSSR count). The van der Waals surface area contributed by atoms with Gasteiger partial charge in [0, 0.05) is 41.6 Å². The van der Waals surface area contributed by atoms with Gasteiger partial charge in [-0.25, -0.2) is 0 Å². The molecule has 0 spiro atoms. The second-order valence-electron chi connectivity index (χ2n) is 6.30. The van der Waals surface area contributed by atoms with Crippen LogP contribution in [0.15, 0.2) is 54.7 Å². The van der Waals surface area contributed by atoms with Crippen LogP contribution in [0.3, 0.4) is 0 Å². The SMILES string of the molecule is O=C(Nc1ccc(N2CCCCC2)cc1)c1c[nH]c2ccccc12. The number of anilines is 2. The van der Waals surface area contributed by atoms with Crippen LogP contribution in [0.1, 0.15) is 29.6 Å². The van der Waals surface area contributed by atoms with E-state index in [9.17, 15) is 4.79 Å². The molecule has 1 aliphatic heterocycles. The summed E-state index contributed by atoms with van der Waals surface area (Å²) < 4.78 is 0. The maximum Gasteiger partial charge on any atom is 0.257 e. The third-order valence-electron chi connectivity index (χ3n) is 4.68. The predicted molar refractivity (Wildman–Crippen MR) is 98.8 cm³/mol. The Morgan fingerprint density at radius 2 is 1.71 bits per heavy atom. The molecule has 4 heteroatoms. The molecule has 0 unspecified atom stereocenters. The minimum atomic E-state index is -0.0850. The van der Waals surface area contributed by atoms with Crippen molar-refractivity contribution in [3.8, 4) is 0 Å². The summed E-state index contributed by atoms with van der Waals surface area (Å²) in [6, 6.07) is 16.0. The molecule has 24 heavy (non-hydrogen) atoms. The van der Waals surface area contributed by atoms with E-state index in [0.717, 1.165) is 29.7 Å². The van der Waals surface area contributed by atoms with Crippen LogP contribution >= 0.6 is 0 Å². The number of para-hydroxylation sites is 1. The van der Waals surface area contributed by atoms with Crippen molar-refractivity contribution in [2.45, 2.75) is 19.3 Å². The van der Waals surface area contributed by atoms with E-state index in [1.807, 2.05) is 36.4 Å². The van der Waals surface area contributed by atoms with Crippen LogP contribution in [0.2, 0.25) is 0 Å². The van der Waals surface area contributed by atoms with E-state index in [2.05, 4.69) is 27.3 Å². The smallest absolute Gasteiger partial charge is 0.257 e. The third kappa shape index (κ3) is 2.87. The number of rotatable bonds is 3. The molecule has 0 bridgehead atoms. The van der Waals surface area contributed by atoms with Gasteiger partial charge in [0.15, 0.2) is 0 Å². The molecule has 1 aliphatic rings. The zero-order valence-corrected chi connectivity index (χ0v) is 13.6. The number of H-pyrrole nitrogens is 1. The van der Waals surface area contributed by atoms with Crippen LogP contribution in [0.25, 0.3) is 10.9 Å². The van der Waals surface area contributed by atoms with Crippen LogP contribution < -0.4 is 10.2 Å². The Morgan fingerprint density at radius 3 is 2.50 bits per heavy atom. The molecule has 4 nitrogen and oxygen atoms in total. The Labute approximate surface area is 141 Å². The zero-order chi connectivity index (χ0) is 16.4. The highest BCUT2D eigenvalue weighted by atomic mass is 16.1. The fraction of sp³-hybridized carbons (Fsp3) is 0.250. The molecule has 122 valence electrons. The van der Waals surface area contributed by atoms with Gasteiger partial charge in [-0.15, -0.1) is 0 Å². The van der Waals surface area contributed by atoms with Crippen molar-refractivity contribution in [2.24, 2.45) is 0 Å². The second kappa shape index (κ2) is 6.40. The third-order valence-corrected chi connectivity index (χ3v) is 4.68. The molecule has 0 radical (unpaired) electrons. The lowest BCUT2D eigenvalue weighted by molar-refractivity contribution is 0.102. The van der Waals surface area contributed by atoms with Crippen LogP contribution in [0.4, 0.5) is 11.4 Å². The zero-order valence-electron chi connectivity index (χ0n) is 13.6. The number of carbonyl (C=O) groups excluding carboxylic acids is 1. The molecule has 3 aromatic rings. The van der Waals surface area contributed by atoms with E-state index >= 15 is 0 Å². The molecule has 2 heterocycles. The molecule has 2 aromatic carbocycles. The highest BCUT2D eigenvalue weighted by Crippen LogP contribution is 2.23. The summed E-state index contributed by atoms with van der Waals surface area (Å²) in [5.41, 5.74) is 3.71. The first-order valence-corrected chi connectivity index (χ1v) is 8.54. The summed E-state index contributed by atoms with van der Waals surface area (Å²) in [6.45, 7) is 2.25. The predicted octanol–water partition coefficient (Wildman–Crippen LogP) is 4.41. The van der Waals surface area contributed by atoms with Gasteiger partial charge < -0.3 is 15.2 Å². The molecule has 2 N–H and O–H groups in total. The summed E-state index contributed by atoms with van der Waals surface area (Å²) >= 11 is 0. The number of hydrogen-bond donors (Lipinski definition) is 2. The summed E-state index contributed by atoms with van der Waals surface area (Å²) in [6.07, 6.45) is 5.62. The topological polar surface area (TPSA) is 48.1 Å². The number of amides is 1. The summed E-state index contributed by atoms with van der Waals surface area (Å²) in [5.74, 6) is -0.0850. The van der Waals surface area contributed by atoms with E-state index in [1.54, 1.807) is 6.20 Å². The number of aromatic amines is 1. The van der Waals surface area contributed by atoms with Crippen LogP contribution in [0, 0.1) is 0 Å². The maximum absolute atomic E-state index is 12.5. The minimum Gasteiger partial charge on any atom is -0.372 e. The average Bonchev–Trinajstić information content (AvgIpc) is 3.07. The van der Waals surface area contributed by atoms with Gasteiger partial charge in [0.05, 0.1) is 5.56 Å². The lowest BCUT2D eigenvalue weighted by Gasteiger charge is -2.28. The van der Waals surface area contributed by atoms with Gasteiger partial charge in [0.25, 0.3) is 5.91 Å². The Balaban J connectivity index is 1.49. The fourth-order valence-electron chi connectivity index (χ4n) is 3.37. The first-order valence-electron chi connectivity index (χ1n) is 8.54. The molecule has 1 fully saturated rings. The second-order valence-corrected chi connectivity index (χ2v) is 6.30. The average molecular weight is 319 g/mol. The lowest BCUT2D eigenvalue weighted by atomic mass is 10.1. The van der Waals surface area contributed by atoms with Crippen molar-refractivity contribution >= 4 is 28.2 Å². The molecule has 1 saturated heterocycles. The number of aromatic nitrogens is 1. The van der Waals surface area contributed by atoms with Gasteiger partial charge in [0.1, 0.15) is 0 Å². The van der Waals surface area contributed by atoms with Gasteiger partial charge in [-0.2, -0.15) is 0 Å². The van der Waals surface area contributed by atoms with Crippen molar-refractivity contribution in [1.29, 1.82) is 0 Å². The number of piperidine rings is 1. The van der Waals surface area contributed by atoms with Crippen LogP contribution in [-0.4, -0.2) is 24.0 Å². The maximum atomic E-state index is 12.5. The van der Waals surface area contributed by atoms with Gasteiger partial charge in [-0.3, -0.25) is 4.79 Å². The van der Waals surface area contributed by atoms with Gasteiger partial charge >= 0.3 is 0 Å². The van der Waals surface area contributed by atoms with E-state index in [-0.39, 0.29) is 5.91 Å². The number of carbonyl (C=O) groups is 1.